The van der Waals surface area contributed by atoms with Crippen molar-refractivity contribution in [3.05, 3.63) is 81.7 Å². The van der Waals surface area contributed by atoms with Crippen molar-refractivity contribution in [3.8, 4) is 0 Å². The average Bonchev–Trinajstić information content (AvgIpc) is 3.16. The second-order valence-electron chi connectivity index (χ2n) is 9.32. The van der Waals surface area contributed by atoms with E-state index in [1.165, 1.54) is 10.4 Å². The number of morpholine rings is 1. The first kappa shape index (κ1) is 24.3. The number of sulfonamides is 1. The van der Waals surface area contributed by atoms with Gasteiger partial charge in [-0.25, -0.2) is 8.42 Å². The first-order chi connectivity index (χ1) is 16.8. The highest BCUT2D eigenvalue weighted by atomic mass is 32.2. The summed E-state index contributed by atoms with van der Waals surface area (Å²) in [6.45, 7) is 5.22. The molecule has 0 saturated carbocycles. The highest BCUT2D eigenvalue weighted by molar-refractivity contribution is 8.06. The lowest BCUT2D eigenvalue weighted by Crippen LogP contribution is -2.48. The van der Waals surface area contributed by atoms with Gasteiger partial charge < -0.3 is 9.64 Å². The van der Waals surface area contributed by atoms with E-state index in [0.717, 1.165) is 41.2 Å². The Labute approximate surface area is 211 Å². The predicted octanol–water partition coefficient (Wildman–Crippen LogP) is 5.11. The molecule has 0 radical (unpaired) electrons. The third kappa shape index (κ3) is 4.85. The van der Waals surface area contributed by atoms with Gasteiger partial charge in [-0.1, -0.05) is 54.2 Å². The number of thioether (sulfide) groups is 1. The van der Waals surface area contributed by atoms with Gasteiger partial charge in [0.05, 0.1) is 27.8 Å². The van der Waals surface area contributed by atoms with Crippen LogP contribution in [-0.2, 0) is 14.8 Å². The van der Waals surface area contributed by atoms with Crippen molar-refractivity contribution in [2.45, 2.75) is 50.2 Å². The molecule has 1 fully saturated rings. The molecule has 0 N–H and O–H groups in total. The second kappa shape index (κ2) is 9.93. The number of rotatable bonds is 5. The third-order valence-electron chi connectivity index (χ3n) is 6.60. The van der Waals surface area contributed by atoms with Crippen LogP contribution in [0.5, 0.6) is 0 Å². The fourth-order valence-corrected chi connectivity index (χ4v) is 7.75. The topological polar surface area (TPSA) is 66.9 Å². The Kier molecular flexibility index (Phi) is 6.90. The van der Waals surface area contributed by atoms with E-state index in [1.807, 2.05) is 32.0 Å². The molecule has 0 spiro atoms. The molecule has 0 aliphatic carbocycles. The monoisotopic (exact) mass is 510 g/mol. The molecule has 6 nitrogen and oxygen atoms in total. The van der Waals surface area contributed by atoms with E-state index in [0.29, 0.717) is 25.1 Å². The first-order valence-corrected chi connectivity index (χ1v) is 14.4. The zero-order valence-corrected chi connectivity index (χ0v) is 21.6. The van der Waals surface area contributed by atoms with Crippen LogP contribution < -0.4 is 0 Å². The number of carbonyl (C=O) groups excluding carboxylic acids is 1. The van der Waals surface area contributed by atoms with E-state index in [2.05, 4.69) is 22.4 Å². The van der Waals surface area contributed by atoms with E-state index in [4.69, 9.17) is 4.74 Å². The van der Waals surface area contributed by atoms with Crippen LogP contribution in [0.25, 0.3) is 5.70 Å². The number of ether oxygens (including phenoxy) is 1. The number of ketones is 1. The third-order valence-corrected chi connectivity index (χ3v) is 9.46. The number of hydrogen-bond acceptors (Lipinski definition) is 6. The van der Waals surface area contributed by atoms with Crippen molar-refractivity contribution in [3.63, 3.8) is 0 Å². The van der Waals surface area contributed by atoms with E-state index in [-0.39, 0.29) is 22.9 Å². The Balaban J connectivity index is 1.45. The van der Waals surface area contributed by atoms with Crippen molar-refractivity contribution in [2.24, 2.45) is 0 Å². The summed E-state index contributed by atoms with van der Waals surface area (Å²) in [5, 5.41) is 3.08. The number of allylic oxidation sites excluding steroid dienone is 1. The fourth-order valence-electron chi connectivity index (χ4n) is 4.97. The fraction of sp³-hybridized carbons (Fsp3) is 0.370. The predicted molar refractivity (Wildman–Crippen MR) is 139 cm³/mol. The molecule has 8 heteroatoms. The Morgan fingerprint density at radius 3 is 2.49 bits per heavy atom. The maximum absolute atomic E-state index is 13.7. The van der Waals surface area contributed by atoms with E-state index in [9.17, 15) is 13.2 Å². The quantitative estimate of drug-likeness (QED) is 0.521. The van der Waals surface area contributed by atoms with Crippen molar-refractivity contribution >= 4 is 33.3 Å². The summed E-state index contributed by atoms with van der Waals surface area (Å²) in [6.07, 6.45) is 2.25. The maximum atomic E-state index is 13.7. The largest absolute Gasteiger partial charge is 0.373 e. The molecule has 3 heterocycles. The van der Waals surface area contributed by atoms with Crippen LogP contribution >= 0.6 is 11.8 Å². The minimum atomic E-state index is -3.72. The Bertz CT molecular complexity index is 1280. The first-order valence-electron chi connectivity index (χ1n) is 12.1. The lowest BCUT2D eigenvalue weighted by atomic mass is 10.00. The number of benzene rings is 2. The van der Waals surface area contributed by atoms with Gasteiger partial charge in [0.25, 0.3) is 0 Å². The van der Waals surface area contributed by atoms with Crippen LogP contribution in [0.3, 0.4) is 0 Å². The molecule has 1 saturated heterocycles. The molecule has 2 aromatic carbocycles. The lowest BCUT2D eigenvalue weighted by molar-refractivity contribution is -0.0440. The molecule has 0 bridgehead atoms. The van der Waals surface area contributed by atoms with Gasteiger partial charge in [0.2, 0.25) is 10.0 Å². The van der Waals surface area contributed by atoms with Gasteiger partial charge in [0, 0.05) is 36.2 Å². The standard InChI is InChI=1S/C27H30N2O4S2/c1-19-16-28(17-20(2)33-19)35(31,32)23-12-8-11-22(15-23)26(30)24-13-6-7-14-29-25(18-34-27(24)29)21-9-4-3-5-10-21/h3-5,8-12,15,18-20H,6-7,13-14,16-17H2,1-2H3/t19-,20-/m1/s1. The SMILES string of the molecule is C[C@@H]1CN(S(=O)(=O)c2cccc(C(=O)C3=C4SC=C(c5ccccc5)N4CCCC3)c2)C[C@@H](C)O1. The lowest BCUT2D eigenvalue weighted by Gasteiger charge is -2.34. The zero-order chi connectivity index (χ0) is 24.6. The van der Waals surface area contributed by atoms with E-state index >= 15 is 0 Å². The van der Waals surface area contributed by atoms with Crippen LogP contribution in [0.1, 0.15) is 49.0 Å². The van der Waals surface area contributed by atoms with Crippen LogP contribution in [0, 0.1) is 0 Å². The van der Waals surface area contributed by atoms with Crippen molar-refractivity contribution < 1.29 is 17.9 Å². The minimum absolute atomic E-state index is 0.0946. The molecule has 184 valence electrons. The maximum Gasteiger partial charge on any atom is 0.243 e. The van der Waals surface area contributed by atoms with Crippen LogP contribution in [0.4, 0.5) is 0 Å². The number of Topliss-reactive ketones (excluding diaryl/α,β-unsaturated/α-hetero) is 1. The summed E-state index contributed by atoms with van der Waals surface area (Å²) < 4.78 is 34.0. The molecule has 2 aromatic rings. The van der Waals surface area contributed by atoms with Gasteiger partial charge in [-0.2, -0.15) is 4.31 Å². The molecule has 3 aliphatic rings. The molecule has 0 aromatic heterocycles. The summed E-state index contributed by atoms with van der Waals surface area (Å²) in [5.74, 6) is -0.0946. The highest BCUT2D eigenvalue weighted by Gasteiger charge is 2.34. The van der Waals surface area contributed by atoms with Gasteiger partial charge in [0.15, 0.2) is 5.78 Å². The van der Waals surface area contributed by atoms with Crippen LogP contribution in [0.15, 0.2) is 75.5 Å². The number of carbonyl (C=O) groups is 1. The summed E-state index contributed by atoms with van der Waals surface area (Å²) in [4.78, 5) is 16.2. The van der Waals surface area contributed by atoms with Crippen LogP contribution in [0.2, 0.25) is 0 Å². The van der Waals surface area contributed by atoms with Gasteiger partial charge >= 0.3 is 0 Å². The van der Waals surface area contributed by atoms with Crippen LogP contribution in [-0.4, -0.2) is 55.2 Å². The summed E-state index contributed by atoms with van der Waals surface area (Å²) in [5.41, 5.74) is 3.42. The van der Waals surface area contributed by atoms with Gasteiger partial charge in [0.1, 0.15) is 0 Å². The Morgan fingerprint density at radius 1 is 1.00 bits per heavy atom. The summed E-state index contributed by atoms with van der Waals surface area (Å²) in [6, 6.07) is 16.7. The van der Waals surface area contributed by atoms with E-state index in [1.54, 1.807) is 30.0 Å². The van der Waals surface area contributed by atoms with Crippen molar-refractivity contribution in [1.82, 2.24) is 9.21 Å². The molecule has 0 amide bonds. The zero-order valence-electron chi connectivity index (χ0n) is 20.0. The number of fused-ring (bicyclic) bond motifs is 1. The average molecular weight is 511 g/mol. The molecule has 2 atom stereocenters. The summed E-state index contributed by atoms with van der Waals surface area (Å²) in [7, 11) is -3.72. The molecule has 5 rings (SSSR count). The van der Waals surface area contributed by atoms with Gasteiger partial charge in [-0.15, -0.1) is 0 Å². The normalized spacial score (nSPS) is 23.6. The molecule has 35 heavy (non-hydrogen) atoms. The van der Waals surface area contributed by atoms with E-state index < -0.39 is 10.0 Å². The number of hydrogen-bond donors (Lipinski definition) is 0. The minimum Gasteiger partial charge on any atom is -0.373 e. The molecule has 3 aliphatic heterocycles. The molecule has 0 unspecified atom stereocenters. The highest BCUT2D eigenvalue weighted by Crippen LogP contribution is 2.44. The smallest absolute Gasteiger partial charge is 0.243 e. The van der Waals surface area contributed by atoms with Crippen molar-refractivity contribution in [1.29, 1.82) is 0 Å². The number of nitrogens with zero attached hydrogens (tertiary/aromatic N) is 2. The molecular formula is C27H30N2O4S2. The second-order valence-corrected chi connectivity index (χ2v) is 12.1. The van der Waals surface area contributed by atoms with Crippen molar-refractivity contribution in [2.75, 3.05) is 19.6 Å². The molecular weight excluding hydrogens is 480 g/mol. The Morgan fingerprint density at radius 2 is 1.74 bits per heavy atom. The Hall–Kier alpha value is -2.39. The van der Waals surface area contributed by atoms with Gasteiger partial charge in [-0.05, 0) is 50.8 Å². The van der Waals surface area contributed by atoms with Gasteiger partial charge in [-0.3, -0.25) is 4.79 Å². The summed E-state index contributed by atoms with van der Waals surface area (Å²) >= 11 is 1.59.